The summed E-state index contributed by atoms with van der Waals surface area (Å²) >= 11 is 0. The van der Waals surface area contributed by atoms with Crippen LogP contribution in [-0.2, 0) is 21.1 Å². The van der Waals surface area contributed by atoms with Crippen LogP contribution in [0.4, 0.5) is 0 Å². The fraction of sp³-hybridized carbons (Fsp3) is 0.312. The van der Waals surface area contributed by atoms with Gasteiger partial charge in [0.1, 0.15) is 5.76 Å². The molecule has 0 saturated carbocycles. The Morgan fingerprint density at radius 1 is 1.18 bits per heavy atom. The summed E-state index contributed by atoms with van der Waals surface area (Å²) in [6, 6.07) is 11.7. The predicted molar refractivity (Wildman–Crippen MR) is 83.1 cm³/mol. The highest BCUT2D eigenvalue weighted by molar-refractivity contribution is 7.91. The van der Waals surface area contributed by atoms with Crippen LogP contribution in [0.15, 0.2) is 58.0 Å². The Morgan fingerprint density at radius 2 is 1.91 bits per heavy atom. The molecule has 0 spiro atoms. The summed E-state index contributed by atoms with van der Waals surface area (Å²) < 4.78 is 29.4. The Labute approximate surface area is 130 Å². The van der Waals surface area contributed by atoms with Crippen LogP contribution in [0.25, 0.3) is 0 Å². The number of hydrogen-bond donors (Lipinski definition) is 1. The summed E-state index contributed by atoms with van der Waals surface area (Å²) in [4.78, 5) is 12.1. The molecule has 0 bridgehead atoms. The summed E-state index contributed by atoms with van der Waals surface area (Å²) in [6.07, 6.45) is 2.10. The molecule has 1 aromatic heterocycles. The highest BCUT2D eigenvalue weighted by Crippen LogP contribution is 2.11. The summed E-state index contributed by atoms with van der Waals surface area (Å²) in [5.74, 6) is 0.305. The molecule has 5 nitrogen and oxygen atoms in total. The van der Waals surface area contributed by atoms with Gasteiger partial charge in [0.2, 0.25) is 5.91 Å². The van der Waals surface area contributed by atoms with Crippen molar-refractivity contribution < 1.29 is 17.6 Å². The Balaban J connectivity index is 1.82. The molecule has 0 radical (unpaired) electrons. The van der Waals surface area contributed by atoms with E-state index >= 15 is 0 Å². The van der Waals surface area contributed by atoms with Crippen LogP contribution in [0, 0.1) is 0 Å². The van der Waals surface area contributed by atoms with E-state index < -0.39 is 9.84 Å². The van der Waals surface area contributed by atoms with Crippen molar-refractivity contribution in [3.8, 4) is 0 Å². The van der Waals surface area contributed by atoms with Gasteiger partial charge < -0.3 is 9.73 Å². The van der Waals surface area contributed by atoms with Gasteiger partial charge in [0, 0.05) is 18.9 Å². The Kier molecular flexibility index (Phi) is 5.38. The van der Waals surface area contributed by atoms with E-state index in [0.717, 1.165) is 5.76 Å². The number of rotatable bonds is 7. The second-order valence-electron chi connectivity index (χ2n) is 5.13. The predicted octanol–water partition coefficient (Wildman–Crippen LogP) is 2.19. The minimum absolute atomic E-state index is 0.0558. The first-order valence-corrected chi connectivity index (χ1v) is 8.72. The van der Waals surface area contributed by atoms with E-state index in [1.807, 2.05) is 13.0 Å². The molecule has 1 aromatic carbocycles. The van der Waals surface area contributed by atoms with Crippen molar-refractivity contribution in [2.75, 3.05) is 5.75 Å². The molecular weight excluding hydrogens is 302 g/mol. The van der Waals surface area contributed by atoms with Gasteiger partial charge in [-0.1, -0.05) is 18.2 Å². The summed E-state index contributed by atoms with van der Waals surface area (Å²) in [7, 11) is -3.42. The van der Waals surface area contributed by atoms with Crippen molar-refractivity contribution in [2.45, 2.75) is 30.7 Å². The molecule has 118 valence electrons. The average molecular weight is 321 g/mol. The quantitative estimate of drug-likeness (QED) is 0.848. The summed E-state index contributed by atoms with van der Waals surface area (Å²) in [5, 5.41) is 2.78. The Morgan fingerprint density at radius 3 is 2.55 bits per heavy atom. The molecule has 22 heavy (non-hydrogen) atoms. The first-order valence-electron chi connectivity index (χ1n) is 7.07. The van der Waals surface area contributed by atoms with E-state index in [-0.39, 0.29) is 29.0 Å². The second-order valence-corrected chi connectivity index (χ2v) is 7.24. The van der Waals surface area contributed by atoms with Gasteiger partial charge in [-0.25, -0.2) is 8.42 Å². The lowest BCUT2D eigenvalue weighted by atomic mass is 10.2. The van der Waals surface area contributed by atoms with Gasteiger partial charge in [-0.15, -0.1) is 0 Å². The molecule has 0 fully saturated rings. The third-order valence-electron chi connectivity index (χ3n) is 3.20. The third-order valence-corrected chi connectivity index (χ3v) is 4.93. The lowest BCUT2D eigenvalue weighted by molar-refractivity contribution is -0.121. The summed E-state index contributed by atoms with van der Waals surface area (Å²) in [6.45, 7) is 1.85. The van der Waals surface area contributed by atoms with Crippen LogP contribution in [-0.4, -0.2) is 26.1 Å². The molecule has 2 aromatic rings. The van der Waals surface area contributed by atoms with Crippen molar-refractivity contribution >= 4 is 15.7 Å². The molecule has 0 saturated heterocycles. The zero-order valence-electron chi connectivity index (χ0n) is 12.4. The molecule has 1 amide bonds. The van der Waals surface area contributed by atoms with Crippen LogP contribution in [0.2, 0.25) is 0 Å². The third kappa shape index (κ3) is 4.73. The van der Waals surface area contributed by atoms with Crippen LogP contribution >= 0.6 is 0 Å². The smallest absolute Gasteiger partial charge is 0.221 e. The normalized spacial score (nSPS) is 12.8. The molecule has 1 heterocycles. The number of carbonyl (C=O) groups is 1. The van der Waals surface area contributed by atoms with Gasteiger partial charge in [-0.05, 0) is 31.2 Å². The number of carbonyl (C=O) groups excluding carboxylic acids is 1. The number of furan rings is 1. The van der Waals surface area contributed by atoms with Crippen molar-refractivity contribution in [1.82, 2.24) is 5.32 Å². The molecule has 1 atom stereocenters. The van der Waals surface area contributed by atoms with Gasteiger partial charge in [0.25, 0.3) is 0 Å². The molecule has 1 N–H and O–H groups in total. The minimum atomic E-state index is -3.42. The van der Waals surface area contributed by atoms with Gasteiger partial charge >= 0.3 is 0 Å². The summed E-state index contributed by atoms with van der Waals surface area (Å²) in [5.41, 5.74) is 0. The van der Waals surface area contributed by atoms with Gasteiger partial charge in [0.15, 0.2) is 9.84 Å². The first kappa shape index (κ1) is 16.3. The molecule has 0 unspecified atom stereocenters. The van der Waals surface area contributed by atoms with E-state index in [4.69, 9.17) is 4.42 Å². The molecule has 0 aliphatic rings. The second kappa shape index (κ2) is 7.26. The van der Waals surface area contributed by atoms with E-state index in [1.165, 1.54) is 12.1 Å². The van der Waals surface area contributed by atoms with Gasteiger partial charge in [-0.2, -0.15) is 0 Å². The molecular formula is C16H19NO4S. The minimum Gasteiger partial charge on any atom is -0.469 e. The highest BCUT2D eigenvalue weighted by Gasteiger charge is 2.17. The molecule has 2 rings (SSSR count). The lowest BCUT2D eigenvalue weighted by Gasteiger charge is -2.12. The lowest BCUT2D eigenvalue weighted by Crippen LogP contribution is -2.34. The SMILES string of the molecule is C[C@H](Cc1ccco1)NC(=O)CCS(=O)(=O)c1ccccc1. The van der Waals surface area contributed by atoms with Crippen molar-refractivity contribution in [3.63, 3.8) is 0 Å². The maximum atomic E-state index is 12.1. The Hall–Kier alpha value is -2.08. The van der Waals surface area contributed by atoms with Crippen LogP contribution in [0.3, 0.4) is 0 Å². The fourth-order valence-corrected chi connectivity index (χ4v) is 3.36. The van der Waals surface area contributed by atoms with Crippen molar-refractivity contribution in [2.24, 2.45) is 0 Å². The highest BCUT2D eigenvalue weighted by atomic mass is 32.2. The van der Waals surface area contributed by atoms with Gasteiger partial charge in [-0.3, -0.25) is 4.79 Å². The fourth-order valence-electron chi connectivity index (χ4n) is 2.10. The number of benzene rings is 1. The van der Waals surface area contributed by atoms with Crippen molar-refractivity contribution in [3.05, 3.63) is 54.5 Å². The topological polar surface area (TPSA) is 76.4 Å². The van der Waals surface area contributed by atoms with Gasteiger partial charge in [0.05, 0.1) is 16.9 Å². The average Bonchev–Trinajstić information content (AvgIpc) is 2.99. The number of nitrogens with one attached hydrogen (secondary N) is 1. The zero-order valence-corrected chi connectivity index (χ0v) is 13.2. The van der Waals surface area contributed by atoms with E-state index in [2.05, 4.69) is 5.32 Å². The molecule has 0 aliphatic carbocycles. The Bertz CT molecular complexity index is 693. The zero-order chi connectivity index (χ0) is 16.0. The molecule has 6 heteroatoms. The first-order chi connectivity index (χ1) is 10.5. The van der Waals surface area contributed by atoms with Crippen LogP contribution in [0.5, 0.6) is 0 Å². The monoisotopic (exact) mass is 321 g/mol. The number of sulfone groups is 1. The largest absolute Gasteiger partial charge is 0.469 e. The van der Waals surface area contributed by atoms with E-state index in [1.54, 1.807) is 30.5 Å². The van der Waals surface area contributed by atoms with Crippen LogP contribution in [0.1, 0.15) is 19.1 Å². The molecule has 0 aliphatic heterocycles. The maximum Gasteiger partial charge on any atom is 0.221 e. The van der Waals surface area contributed by atoms with Crippen LogP contribution < -0.4 is 5.32 Å². The number of hydrogen-bond acceptors (Lipinski definition) is 4. The standard InChI is InChI=1S/C16H19NO4S/c1-13(12-14-6-5-10-21-14)17-16(18)9-11-22(19,20)15-7-3-2-4-8-15/h2-8,10,13H,9,11-12H2,1H3,(H,17,18)/t13-/m1/s1. The van der Waals surface area contributed by atoms with E-state index in [9.17, 15) is 13.2 Å². The maximum absolute atomic E-state index is 12.1. The van der Waals surface area contributed by atoms with Crippen molar-refractivity contribution in [1.29, 1.82) is 0 Å². The number of amides is 1. The van der Waals surface area contributed by atoms with E-state index in [0.29, 0.717) is 6.42 Å².